The lowest BCUT2D eigenvalue weighted by Crippen LogP contribution is -2.44. The van der Waals surface area contributed by atoms with E-state index in [1.165, 1.54) is 0 Å². The van der Waals surface area contributed by atoms with Gasteiger partial charge in [0.05, 0.1) is 17.5 Å². The largest absolute Gasteiger partial charge is 0.491 e. The average Bonchev–Trinajstić information content (AvgIpc) is 3.32. The number of carbonyl (C=O) groups excluding carboxylic acids is 1. The van der Waals surface area contributed by atoms with E-state index in [1.54, 1.807) is 66.7 Å². The van der Waals surface area contributed by atoms with Gasteiger partial charge in [-0.15, -0.1) is 0 Å². The molecule has 0 unspecified atom stereocenters. The molecule has 1 amide bonds. The van der Waals surface area contributed by atoms with Crippen molar-refractivity contribution in [1.29, 1.82) is 0 Å². The summed E-state index contributed by atoms with van der Waals surface area (Å²) in [5.74, 6) is -0.501. The summed E-state index contributed by atoms with van der Waals surface area (Å²) in [6, 6.07) is 23.4. The fraction of sp³-hybridized carbons (Fsp3) is 0.154. The van der Waals surface area contributed by atoms with Crippen LogP contribution in [-0.4, -0.2) is 42.9 Å². The Morgan fingerprint density at radius 1 is 1.00 bits per heavy atom. The van der Waals surface area contributed by atoms with Crippen molar-refractivity contribution in [1.82, 2.24) is 10.8 Å². The molecular formula is C26H24N2O6S2. The van der Waals surface area contributed by atoms with Crippen LogP contribution in [0.2, 0.25) is 0 Å². The van der Waals surface area contributed by atoms with Gasteiger partial charge in [0.2, 0.25) is 0 Å². The van der Waals surface area contributed by atoms with Crippen LogP contribution in [0.5, 0.6) is 5.75 Å². The van der Waals surface area contributed by atoms with Crippen LogP contribution in [0.1, 0.15) is 21.7 Å². The van der Waals surface area contributed by atoms with Crippen LogP contribution in [0.4, 0.5) is 0 Å². The monoisotopic (exact) mass is 524 g/mol. The van der Waals surface area contributed by atoms with Crippen molar-refractivity contribution < 1.29 is 27.6 Å². The maximum Gasteiger partial charge on any atom is 0.287 e. The molecule has 0 aliphatic heterocycles. The predicted molar refractivity (Wildman–Crippen MR) is 140 cm³/mol. The summed E-state index contributed by atoms with van der Waals surface area (Å²) < 4.78 is 37.3. The fourth-order valence-electron chi connectivity index (χ4n) is 3.64. The molecule has 0 bridgehead atoms. The van der Waals surface area contributed by atoms with Crippen molar-refractivity contribution >= 4 is 43.9 Å². The Kier molecular flexibility index (Phi) is 7.99. The summed E-state index contributed by atoms with van der Waals surface area (Å²) in [6.07, 6.45) is 0. The molecule has 0 aliphatic carbocycles. The van der Waals surface area contributed by atoms with Gasteiger partial charge in [-0.25, -0.2) is 8.42 Å². The van der Waals surface area contributed by atoms with E-state index in [9.17, 15) is 13.2 Å². The number of para-hydroxylation sites is 1. The molecular weight excluding hydrogens is 500 g/mol. The first-order valence-corrected chi connectivity index (χ1v) is 13.3. The van der Waals surface area contributed by atoms with E-state index in [-0.39, 0.29) is 28.9 Å². The number of hydrogen-bond acceptors (Lipinski definition) is 7. The van der Waals surface area contributed by atoms with E-state index >= 15 is 0 Å². The summed E-state index contributed by atoms with van der Waals surface area (Å²) in [5, 5.41) is 12.5. The van der Waals surface area contributed by atoms with E-state index < -0.39 is 21.8 Å². The molecule has 1 atom stereocenters. The third-order valence-corrected chi connectivity index (χ3v) is 7.35. The van der Waals surface area contributed by atoms with Crippen molar-refractivity contribution in [3.05, 3.63) is 102 Å². The molecule has 0 fully saturated rings. The average molecular weight is 525 g/mol. The Hall–Kier alpha value is -3.73. The fourth-order valence-corrected chi connectivity index (χ4v) is 5.39. The quantitative estimate of drug-likeness (QED) is 0.211. The molecule has 3 aromatic carbocycles. The normalized spacial score (nSPS) is 12.1. The topological polar surface area (TPSA) is 118 Å². The molecule has 1 aromatic heterocycles. The molecule has 0 saturated carbocycles. The molecule has 0 aliphatic rings. The molecule has 186 valence electrons. The molecule has 4 rings (SSSR count). The van der Waals surface area contributed by atoms with Crippen LogP contribution in [0.15, 0.2) is 89.3 Å². The van der Waals surface area contributed by atoms with Crippen molar-refractivity contribution in [2.24, 2.45) is 0 Å². The Morgan fingerprint density at radius 2 is 1.69 bits per heavy atom. The lowest BCUT2D eigenvalue weighted by molar-refractivity contribution is 0.0901. The first-order chi connectivity index (χ1) is 17.3. The van der Waals surface area contributed by atoms with Crippen LogP contribution in [0, 0.1) is 0 Å². The second-order valence-corrected chi connectivity index (χ2v) is 10.7. The number of nitrogens with one attached hydrogen (secondary N) is 2. The third-order valence-electron chi connectivity index (χ3n) is 5.34. The number of amides is 1. The van der Waals surface area contributed by atoms with Crippen molar-refractivity contribution in [2.75, 3.05) is 12.4 Å². The number of rotatable bonds is 10. The van der Waals surface area contributed by atoms with Gasteiger partial charge < -0.3 is 14.5 Å². The summed E-state index contributed by atoms with van der Waals surface area (Å²) in [5.41, 5.74) is 3.71. The molecule has 0 spiro atoms. The summed E-state index contributed by atoms with van der Waals surface area (Å²) in [6.45, 7) is -0.0952. The molecule has 10 heteroatoms. The predicted octanol–water partition coefficient (Wildman–Crippen LogP) is 3.88. The number of hydroxylamine groups is 1. The second-order valence-electron chi connectivity index (χ2n) is 8.14. The van der Waals surface area contributed by atoms with Crippen LogP contribution in [0.25, 0.3) is 11.0 Å². The van der Waals surface area contributed by atoms with Crippen molar-refractivity contribution in [3.63, 3.8) is 0 Å². The van der Waals surface area contributed by atoms with Gasteiger partial charge in [-0.05, 0) is 42.0 Å². The minimum absolute atomic E-state index is 0.0797. The number of carbonyl (C=O) groups is 1. The SMILES string of the molecule is O=C(N[C@H](COc1ccc(C(=S)NO)cc1)CS(=O)(=O)Cc1ccccc1)c1cc2ccccc2o1. The lowest BCUT2D eigenvalue weighted by atomic mass is 10.2. The van der Waals surface area contributed by atoms with E-state index in [0.717, 1.165) is 5.39 Å². The van der Waals surface area contributed by atoms with E-state index in [1.807, 2.05) is 23.7 Å². The minimum atomic E-state index is -3.59. The number of ether oxygens (including phenoxy) is 1. The highest BCUT2D eigenvalue weighted by Crippen LogP contribution is 2.19. The maximum atomic E-state index is 13.0. The standard InChI is InChI=1S/C26H24N2O6S2/c29-25(24-14-20-8-4-5-9-23(20)34-24)27-21(17-36(31,32)16-18-6-2-1-3-7-18)15-33-22-12-10-19(11-13-22)26(35)28-30/h1-14,21,30H,15-17H2,(H,27,29)(H,28,35)/t21-/m1/s1. The molecule has 36 heavy (non-hydrogen) atoms. The number of benzene rings is 3. The summed E-state index contributed by atoms with van der Waals surface area (Å²) in [4.78, 5) is 13.1. The molecule has 8 nitrogen and oxygen atoms in total. The number of hydrogen-bond donors (Lipinski definition) is 3. The molecule has 3 N–H and O–H groups in total. The van der Waals surface area contributed by atoms with Crippen LogP contribution >= 0.6 is 12.2 Å². The minimum Gasteiger partial charge on any atom is -0.491 e. The first-order valence-electron chi connectivity index (χ1n) is 11.0. The van der Waals surface area contributed by atoms with Gasteiger partial charge in [-0.2, -0.15) is 0 Å². The molecule has 1 heterocycles. The zero-order valence-electron chi connectivity index (χ0n) is 19.1. The highest BCUT2D eigenvalue weighted by molar-refractivity contribution is 7.90. The Morgan fingerprint density at radius 3 is 2.39 bits per heavy atom. The van der Waals surface area contributed by atoms with Gasteiger partial charge in [0.1, 0.15) is 22.9 Å². The van der Waals surface area contributed by atoms with Gasteiger partial charge in [0.25, 0.3) is 5.91 Å². The lowest BCUT2D eigenvalue weighted by Gasteiger charge is -2.19. The van der Waals surface area contributed by atoms with Gasteiger partial charge in [0.15, 0.2) is 15.6 Å². The van der Waals surface area contributed by atoms with E-state index in [4.69, 9.17) is 26.6 Å². The summed E-state index contributed by atoms with van der Waals surface area (Å²) in [7, 11) is -3.59. The van der Waals surface area contributed by atoms with Gasteiger partial charge in [-0.1, -0.05) is 60.7 Å². The van der Waals surface area contributed by atoms with E-state index in [0.29, 0.717) is 22.5 Å². The zero-order chi connectivity index (χ0) is 25.5. The van der Waals surface area contributed by atoms with Gasteiger partial charge in [-0.3, -0.25) is 15.5 Å². The summed E-state index contributed by atoms with van der Waals surface area (Å²) >= 11 is 4.98. The highest BCUT2D eigenvalue weighted by atomic mass is 32.2. The first kappa shape index (κ1) is 25.4. The highest BCUT2D eigenvalue weighted by Gasteiger charge is 2.24. The molecule has 0 saturated heterocycles. The third kappa shape index (κ3) is 6.69. The number of fused-ring (bicyclic) bond motifs is 1. The van der Waals surface area contributed by atoms with Crippen LogP contribution in [-0.2, 0) is 15.6 Å². The maximum absolute atomic E-state index is 13.0. The Bertz CT molecular complexity index is 1420. The van der Waals surface area contributed by atoms with Gasteiger partial charge in [0, 0.05) is 10.9 Å². The van der Waals surface area contributed by atoms with E-state index in [2.05, 4.69) is 5.32 Å². The van der Waals surface area contributed by atoms with Gasteiger partial charge >= 0.3 is 0 Å². The molecule has 0 radical (unpaired) electrons. The Labute approximate surface area is 213 Å². The van der Waals surface area contributed by atoms with Crippen LogP contribution < -0.4 is 15.5 Å². The van der Waals surface area contributed by atoms with Crippen molar-refractivity contribution in [3.8, 4) is 5.75 Å². The number of sulfone groups is 1. The molecule has 4 aromatic rings. The van der Waals surface area contributed by atoms with Crippen molar-refractivity contribution in [2.45, 2.75) is 11.8 Å². The Balaban J connectivity index is 1.49. The number of thiocarbonyl (C=S) groups is 1. The zero-order valence-corrected chi connectivity index (χ0v) is 20.7. The second kappa shape index (κ2) is 11.3. The number of furan rings is 1. The smallest absolute Gasteiger partial charge is 0.287 e. The van der Waals surface area contributed by atoms with Crippen LogP contribution in [0.3, 0.4) is 0 Å².